The van der Waals surface area contributed by atoms with E-state index in [9.17, 15) is 0 Å². The quantitative estimate of drug-likeness (QED) is 0.491. The first-order valence-corrected chi connectivity index (χ1v) is 5.52. The molecule has 10 heavy (non-hydrogen) atoms. The molecule has 0 aromatic heterocycles. The van der Waals surface area contributed by atoms with E-state index in [2.05, 4.69) is 62.4 Å². The normalized spacial score (nSPS) is 10.0. The summed E-state index contributed by atoms with van der Waals surface area (Å²) in [6, 6.07) is 4.26. The molecule has 1 aromatic carbocycles. The van der Waals surface area contributed by atoms with E-state index in [0.717, 1.165) is 0 Å². The van der Waals surface area contributed by atoms with Gasteiger partial charge in [0.05, 0.1) is 0 Å². The molecular formula is C6H8IP3. The number of rotatable bonds is 0. The molecule has 0 aliphatic heterocycles. The van der Waals surface area contributed by atoms with Gasteiger partial charge in [-0.15, -0.1) is 27.7 Å². The second-order valence-corrected chi connectivity index (χ2v) is 5.03. The van der Waals surface area contributed by atoms with Crippen LogP contribution in [0.25, 0.3) is 0 Å². The number of hydrogen-bond donors (Lipinski definition) is 0. The fourth-order valence-electron chi connectivity index (χ4n) is 0.661. The Hall–Kier alpha value is 1.24. The maximum absolute atomic E-state index is 2.73. The van der Waals surface area contributed by atoms with Crippen LogP contribution in [-0.2, 0) is 0 Å². The van der Waals surface area contributed by atoms with E-state index in [1.807, 2.05) is 0 Å². The topological polar surface area (TPSA) is 0 Å². The summed E-state index contributed by atoms with van der Waals surface area (Å²) in [7, 11) is 8.14. The molecule has 0 N–H and O–H groups in total. The van der Waals surface area contributed by atoms with Crippen molar-refractivity contribution in [1.29, 1.82) is 0 Å². The molecule has 0 heterocycles. The third-order valence-electron chi connectivity index (χ3n) is 1.18. The zero-order valence-corrected chi connectivity index (χ0v) is 10.9. The van der Waals surface area contributed by atoms with Crippen molar-refractivity contribution < 1.29 is 0 Å². The summed E-state index contributed by atoms with van der Waals surface area (Å²) in [5.74, 6) is 0. The van der Waals surface area contributed by atoms with Crippen LogP contribution in [0, 0.1) is 3.57 Å². The Morgan fingerprint density at radius 2 is 1.70 bits per heavy atom. The molecule has 0 amide bonds. The van der Waals surface area contributed by atoms with Crippen LogP contribution in [0.2, 0.25) is 0 Å². The minimum Gasteiger partial charge on any atom is -0.106 e. The van der Waals surface area contributed by atoms with E-state index in [0.29, 0.717) is 0 Å². The zero-order chi connectivity index (χ0) is 7.72. The fourth-order valence-corrected chi connectivity index (χ4v) is 3.02. The van der Waals surface area contributed by atoms with Gasteiger partial charge in [0, 0.05) is 3.57 Å². The molecule has 3 atom stereocenters. The van der Waals surface area contributed by atoms with Gasteiger partial charge in [0.25, 0.3) is 0 Å². The molecule has 0 aliphatic rings. The first-order chi connectivity index (χ1) is 4.61. The Labute approximate surface area is 81.7 Å². The monoisotopic (exact) mass is 300 g/mol. The lowest BCUT2D eigenvalue weighted by molar-refractivity contribution is 1.84. The van der Waals surface area contributed by atoms with Crippen molar-refractivity contribution in [3.63, 3.8) is 0 Å². The Bertz CT molecular complexity index is 236. The maximum atomic E-state index is 2.73. The predicted molar refractivity (Wildman–Crippen MR) is 67.2 cm³/mol. The highest BCUT2D eigenvalue weighted by Gasteiger charge is 1.97. The lowest BCUT2D eigenvalue weighted by Crippen LogP contribution is -2.18. The van der Waals surface area contributed by atoms with Crippen LogP contribution in [0.3, 0.4) is 0 Å². The Balaban J connectivity index is 3.31. The van der Waals surface area contributed by atoms with Gasteiger partial charge in [0.15, 0.2) is 0 Å². The van der Waals surface area contributed by atoms with Crippen LogP contribution in [0.1, 0.15) is 0 Å². The minimum absolute atomic E-state index is 1.24. The summed E-state index contributed by atoms with van der Waals surface area (Å²) >= 11 is 2.33. The summed E-state index contributed by atoms with van der Waals surface area (Å²) in [5, 5.41) is 3.76. The van der Waals surface area contributed by atoms with Crippen molar-refractivity contribution >= 4 is 66.2 Å². The van der Waals surface area contributed by atoms with Gasteiger partial charge >= 0.3 is 0 Å². The van der Waals surface area contributed by atoms with Gasteiger partial charge in [0.1, 0.15) is 0 Å². The van der Waals surface area contributed by atoms with Crippen LogP contribution in [0.15, 0.2) is 12.1 Å². The van der Waals surface area contributed by atoms with E-state index < -0.39 is 0 Å². The van der Waals surface area contributed by atoms with Gasteiger partial charge in [0.2, 0.25) is 0 Å². The second-order valence-electron chi connectivity index (χ2n) is 2.01. The molecule has 0 nitrogen and oxygen atoms in total. The second kappa shape index (κ2) is 3.76. The van der Waals surface area contributed by atoms with E-state index in [-0.39, 0.29) is 0 Å². The van der Waals surface area contributed by atoms with Gasteiger partial charge < -0.3 is 0 Å². The average molecular weight is 300 g/mol. The highest BCUT2D eigenvalue weighted by atomic mass is 127. The SMILES string of the molecule is Pc1cc(P)c(P)c(I)c1. The summed E-state index contributed by atoms with van der Waals surface area (Å²) in [6.45, 7) is 0. The third kappa shape index (κ3) is 2.11. The molecule has 0 bridgehead atoms. The van der Waals surface area contributed by atoms with Gasteiger partial charge in [-0.05, 0) is 50.6 Å². The van der Waals surface area contributed by atoms with Gasteiger partial charge in [-0.1, -0.05) is 0 Å². The van der Waals surface area contributed by atoms with Crippen LogP contribution < -0.4 is 15.9 Å². The predicted octanol–water partition coefficient (Wildman–Crippen LogP) is 0.792. The van der Waals surface area contributed by atoms with E-state index in [1.54, 1.807) is 0 Å². The molecule has 0 aliphatic carbocycles. The molecule has 0 fully saturated rings. The summed E-state index contributed by atoms with van der Waals surface area (Å²) in [4.78, 5) is 0. The van der Waals surface area contributed by atoms with E-state index in [1.165, 1.54) is 19.5 Å². The molecule has 54 valence electrons. The van der Waals surface area contributed by atoms with Crippen LogP contribution >= 0.6 is 50.3 Å². The first kappa shape index (κ1) is 9.33. The first-order valence-electron chi connectivity index (χ1n) is 2.71. The van der Waals surface area contributed by atoms with Crippen LogP contribution in [0.5, 0.6) is 0 Å². The van der Waals surface area contributed by atoms with Crippen molar-refractivity contribution in [2.24, 2.45) is 0 Å². The largest absolute Gasteiger partial charge is 0.106 e. The maximum Gasteiger partial charge on any atom is 0.0214 e. The molecule has 1 aromatic rings. The molecule has 0 spiro atoms. The summed E-state index contributed by atoms with van der Waals surface area (Å²) in [5.41, 5.74) is 0. The molecule has 3 unspecified atom stereocenters. The molecule has 0 radical (unpaired) electrons. The summed E-state index contributed by atoms with van der Waals surface area (Å²) < 4.78 is 1.29. The van der Waals surface area contributed by atoms with Crippen LogP contribution in [-0.4, -0.2) is 0 Å². The molecule has 0 saturated heterocycles. The van der Waals surface area contributed by atoms with Crippen molar-refractivity contribution in [3.05, 3.63) is 15.7 Å². The lowest BCUT2D eigenvalue weighted by atomic mass is 10.4. The minimum atomic E-state index is 1.24. The van der Waals surface area contributed by atoms with Crippen molar-refractivity contribution in [2.75, 3.05) is 0 Å². The Morgan fingerprint density at radius 1 is 1.10 bits per heavy atom. The van der Waals surface area contributed by atoms with E-state index in [4.69, 9.17) is 0 Å². The Morgan fingerprint density at radius 3 is 2.20 bits per heavy atom. The van der Waals surface area contributed by atoms with Crippen LogP contribution in [0.4, 0.5) is 0 Å². The lowest BCUT2D eigenvalue weighted by Gasteiger charge is -2.02. The highest BCUT2D eigenvalue weighted by molar-refractivity contribution is 14.1. The highest BCUT2D eigenvalue weighted by Crippen LogP contribution is 2.04. The molecule has 1 rings (SSSR count). The van der Waals surface area contributed by atoms with Gasteiger partial charge in [-0.2, -0.15) is 0 Å². The van der Waals surface area contributed by atoms with Crippen molar-refractivity contribution in [3.8, 4) is 0 Å². The third-order valence-corrected chi connectivity index (χ3v) is 4.45. The number of hydrogen-bond acceptors (Lipinski definition) is 0. The fraction of sp³-hybridized carbons (Fsp3) is 0. The van der Waals surface area contributed by atoms with Crippen molar-refractivity contribution in [2.45, 2.75) is 0 Å². The molecular weight excluding hydrogens is 292 g/mol. The zero-order valence-electron chi connectivity index (χ0n) is 5.26. The standard InChI is InChI=1S/C6H8IP3/c7-4-1-3(8)2-5(9)6(4)10/h1-2H,8-10H2. The van der Waals surface area contributed by atoms with E-state index >= 15 is 0 Å². The average Bonchev–Trinajstić information content (AvgIpc) is 1.82. The molecule has 4 heteroatoms. The molecule has 0 saturated carbocycles. The number of benzene rings is 1. The number of halogens is 1. The van der Waals surface area contributed by atoms with Gasteiger partial charge in [-0.25, -0.2) is 0 Å². The summed E-state index contributed by atoms with van der Waals surface area (Å²) in [6.07, 6.45) is 0. The van der Waals surface area contributed by atoms with Crippen molar-refractivity contribution in [1.82, 2.24) is 0 Å². The Kier molecular flexibility index (Phi) is 3.51. The smallest absolute Gasteiger partial charge is 0.0214 e. The van der Waals surface area contributed by atoms with Gasteiger partial charge in [-0.3, -0.25) is 0 Å².